The minimum absolute atomic E-state index is 0.0160. The zero-order chi connectivity index (χ0) is 13.1. The van der Waals surface area contributed by atoms with E-state index in [2.05, 4.69) is 19.2 Å². The van der Waals surface area contributed by atoms with Crippen LogP contribution in [0.2, 0.25) is 0 Å². The molecule has 1 aliphatic rings. The van der Waals surface area contributed by atoms with Crippen LogP contribution in [-0.4, -0.2) is 18.5 Å². The third kappa shape index (κ3) is 5.68. The summed E-state index contributed by atoms with van der Waals surface area (Å²) in [5.74, 6) is 2.10. The lowest BCUT2D eigenvalue weighted by atomic mass is 10.2. The van der Waals surface area contributed by atoms with Crippen molar-refractivity contribution in [2.45, 2.75) is 26.9 Å². The van der Waals surface area contributed by atoms with Gasteiger partial charge in [0.2, 0.25) is 0 Å². The lowest BCUT2D eigenvalue weighted by molar-refractivity contribution is 0.00628. The van der Waals surface area contributed by atoms with Crippen molar-refractivity contribution >= 4 is 12.6 Å². The number of rotatable bonds is 3. The number of hydrogen-bond acceptors (Lipinski definition) is 3. The molecule has 1 saturated heterocycles. The van der Waals surface area contributed by atoms with E-state index in [-0.39, 0.29) is 6.10 Å². The maximum Gasteiger partial charge on any atom is 0.161 e. The molecule has 0 aromatic rings. The molecule has 0 saturated carbocycles. The van der Waals surface area contributed by atoms with Crippen LogP contribution in [0.3, 0.4) is 0 Å². The average molecular weight is 254 g/mol. The summed E-state index contributed by atoms with van der Waals surface area (Å²) in [5.41, 5.74) is 0. The first-order valence-corrected chi connectivity index (χ1v) is 6.51. The molecule has 1 rings (SSSR count). The van der Waals surface area contributed by atoms with Gasteiger partial charge in [-0.2, -0.15) is 12.6 Å². The van der Waals surface area contributed by atoms with Gasteiger partial charge in [0.1, 0.15) is 12.7 Å². The van der Waals surface area contributed by atoms with Crippen LogP contribution in [0, 0.1) is 0 Å². The molecule has 2 nitrogen and oxygen atoms in total. The Kier molecular flexibility index (Phi) is 9.44. The number of hydrogen-bond donors (Lipinski definition) is 1. The van der Waals surface area contributed by atoms with Crippen LogP contribution in [-0.2, 0) is 9.47 Å². The second-order valence-electron chi connectivity index (χ2n) is 3.06. The van der Waals surface area contributed by atoms with Gasteiger partial charge in [0.05, 0.1) is 0 Å². The molecule has 0 aromatic carbocycles. The van der Waals surface area contributed by atoms with Gasteiger partial charge in [0.15, 0.2) is 11.5 Å². The second-order valence-corrected chi connectivity index (χ2v) is 3.42. The van der Waals surface area contributed by atoms with Crippen molar-refractivity contribution in [2.24, 2.45) is 0 Å². The fourth-order valence-corrected chi connectivity index (χ4v) is 1.34. The molecule has 0 amide bonds. The van der Waals surface area contributed by atoms with E-state index in [9.17, 15) is 0 Å². The maximum atomic E-state index is 5.67. The molecule has 3 heteroatoms. The molecule has 1 unspecified atom stereocenters. The number of ether oxygens (including phenoxy) is 2. The first-order valence-electron chi connectivity index (χ1n) is 5.88. The predicted octanol–water partition coefficient (Wildman–Crippen LogP) is 3.89. The molecule has 1 heterocycles. The van der Waals surface area contributed by atoms with E-state index in [0.717, 1.165) is 5.76 Å². The summed E-state index contributed by atoms with van der Waals surface area (Å²) in [6, 6.07) is 0. The smallest absolute Gasteiger partial charge is 0.161 e. The van der Waals surface area contributed by atoms with Gasteiger partial charge in [-0.1, -0.05) is 38.7 Å². The molecular weight excluding hydrogens is 232 g/mol. The largest absolute Gasteiger partial charge is 0.486 e. The van der Waals surface area contributed by atoms with Gasteiger partial charge in [0.25, 0.3) is 0 Å². The fourth-order valence-electron chi connectivity index (χ4n) is 1.16. The van der Waals surface area contributed by atoms with E-state index in [0.29, 0.717) is 18.1 Å². The highest BCUT2D eigenvalue weighted by Crippen LogP contribution is 2.22. The minimum atomic E-state index is 0.0160. The van der Waals surface area contributed by atoms with E-state index in [4.69, 9.17) is 9.47 Å². The number of allylic oxidation sites excluding steroid dienone is 5. The molecule has 0 aliphatic carbocycles. The summed E-state index contributed by atoms with van der Waals surface area (Å²) in [6.07, 6.45) is 9.23. The Balaban J connectivity index is 0.00000121. The van der Waals surface area contributed by atoms with Crippen LogP contribution in [0.15, 0.2) is 48.5 Å². The van der Waals surface area contributed by atoms with E-state index >= 15 is 0 Å². The summed E-state index contributed by atoms with van der Waals surface area (Å²) in [7, 11) is 0. The van der Waals surface area contributed by atoms with Crippen LogP contribution in [0.1, 0.15) is 20.8 Å². The highest BCUT2D eigenvalue weighted by molar-refractivity contribution is 7.80. The van der Waals surface area contributed by atoms with Gasteiger partial charge < -0.3 is 9.47 Å². The standard InChI is InChI=1S/C12H16O2S.C2H6/c1-3-5-7-11-12(6-4-2)14-10(9-15)8-13-11;1-2/h3-7,10,15H,2,8-9H2,1H3;1-2H3/b5-3-,11-7+,12-6+;. The van der Waals surface area contributed by atoms with Gasteiger partial charge in [-0.15, -0.1) is 0 Å². The van der Waals surface area contributed by atoms with Gasteiger partial charge in [-0.05, 0) is 19.1 Å². The molecule has 0 radical (unpaired) electrons. The highest BCUT2D eigenvalue weighted by Gasteiger charge is 2.21. The summed E-state index contributed by atoms with van der Waals surface area (Å²) in [5, 5.41) is 0. The summed E-state index contributed by atoms with van der Waals surface area (Å²) < 4.78 is 11.2. The third-order valence-electron chi connectivity index (χ3n) is 1.87. The molecular formula is C14H22O2S. The van der Waals surface area contributed by atoms with Crippen molar-refractivity contribution in [3.63, 3.8) is 0 Å². The molecule has 1 aliphatic heterocycles. The average Bonchev–Trinajstić information content (AvgIpc) is 2.40. The predicted molar refractivity (Wildman–Crippen MR) is 77.2 cm³/mol. The normalized spacial score (nSPS) is 23.9. The molecule has 96 valence electrons. The monoisotopic (exact) mass is 254 g/mol. The zero-order valence-electron chi connectivity index (χ0n) is 10.8. The summed E-state index contributed by atoms with van der Waals surface area (Å²) in [4.78, 5) is 0. The molecule has 0 spiro atoms. The van der Waals surface area contributed by atoms with Crippen LogP contribution in [0.4, 0.5) is 0 Å². The quantitative estimate of drug-likeness (QED) is 0.770. The van der Waals surface area contributed by atoms with Crippen molar-refractivity contribution in [2.75, 3.05) is 12.4 Å². The molecule has 0 N–H and O–H groups in total. The third-order valence-corrected chi connectivity index (χ3v) is 2.28. The van der Waals surface area contributed by atoms with Crippen molar-refractivity contribution < 1.29 is 9.47 Å². The molecule has 0 bridgehead atoms. The Morgan fingerprint density at radius 3 is 2.59 bits per heavy atom. The Morgan fingerprint density at radius 1 is 1.35 bits per heavy atom. The Hall–Kier alpha value is -1.09. The minimum Gasteiger partial charge on any atom is -0.486 e. The van der Waals surface area contributed by atoms with Gasteiger partial charge in [-0.25, -0.2) is 0 Å². The second kappa shape index (κ2) is 10.1. The lowest BCUT2D eigenvalue weighted by Gasteiger charge is -2.27. The lowest BCUT2D eigenvalue weighted by Crippen LogP contribution is -2.27. The van der Waals surface area contributed by atoms with E-state index < -0.39 is 0 Å². The topological polar surface area (TPSA) is 18.5 Å². The first kappa shape index (κ1) is 15.9. The van der Waals surface area contributed by atoms with E-state index in [1.807, 2.05) is 39.0 Å². The Labute approximate surface area is 110 Å². The molecule has 1 fully saturated rings. The summed E-state index contributed by atoms with van der Waals surface area (Å²) >= 11 is 4.18. The fraction of sp³-hybridized carbons (Fsp3) is 0.429. The van der Waals surface area contributed by atoms with Crippen molar-refractivity contribution in [1.29, 1.82) is 0 Å². The SMILES string of the molecule is C=C/C=C1/OC(CS)CO/C1=C/C=C\C.CC. The van der Waals surface area contributed by atoms with Crippen molar-refractivity contribution in [3.05, 3.63) is 48.5 Å². The van der Waals surface area contributed by atoms with Gasteiger partial charge in [0, 0.05) is 5.75 Å². The summed E-state index contributed by atoms with van der Waals surface area (Å²) in [6.45, 7) is 10.1. The van der Waals surface area contributed by atoms with Gasteiger partial charge >= 0.3 is 0 Å². The Bertz CT molecular complexity index is 303. The molecule has 17 heavy (non-hydrogen) atoms. The van der Waals surface area contributed by atoms with Crippen LogP contribution in [0.25, 0.3) is 0 Å². The highest BCUT2D eigenvalue weighted by atomic mass is 32.1. The molecule has 1 atom stereocenters. The van der Waals surface area contributed by atoms with E-state index in [1.54, 1.807) is 12.2 Å². The zero-order valence-corrected chi connectivity index (χ0v) is 11.7. The van der Waals surface area contributed by atoms with E-state index in [1.165, 1.54) is 0 Å². The number of thiol groups is 1. The van der Waals surface area contributed by atoms with Crippen LogP contribution in [0.5, 0.6) is 0 Å². The Morgan fingerprint density at radius 2 is 2.06 bits per heavy atom. The van der Waals surface area contributed by atoms with Crippen molar-refractivity contribution in [1.82, 2.24) is 0 Å². The van der Waals surface area contributed by atoms with Gasteiger partial charge in [-0.3, -0.25) is 0 Å². The van der Waals surface area contributed by atoms with Crippen molar-refractivity contribution in [3.8, 4) is 0 Å². The van der Waals surface area contributed by atoms with Crippen LogP contribution >= 0.6 is 12.6 Å². The molecule has 0 aromatic heterocycles. The van der Waals surface area contributed by atoms with Crippen LogP contribution < -0.4 is 0 Å². The first-order chi connectivity index (χ1) is 8.31. The maximum absolute atomic E-state index is 5.67.